The molecule has 7 amide bonds. The Hall–Kier alpha value is -5.01. The maximum absolute atomic E-state index is 13.6. The number of nitrogens with zero attached hydrogens (tertiary/aromatic N) is 1. The summed E-state index contributed by atoms with van der Waals surface area (Å²) in [5, 5.41) is 24.3. The Balaban J connectivity index is 5.96. The number of nitrogens with one attached hydrogen (secondary N) is 6. The fourth-order valence-electron chi connectivity index (χ4n) is 5.10. The highest BCUT2D eigenvalue weighted by Gasteiger charge is 2.35. The average Bonchev–Trinajstić information content (AvgIpc) is 3.06. The molecule has 0 aliphatic rings. The summed E-state index contributed by atoms with van der Waals surface area (Å²) in [4.78, 5) is 106. The molecule has 7 atom stereocenters. The molecule has 308 valence electrons. The van der Waals surface area contributed by atoms with Gasteiger partial charge in [-0.15, -0.1) is 0 Å². The quantitative estimate of drug-likeness (QED) is 0.0256. The minimum Gasteiger partial charge on any atom is -0.480 e. The molecule has 20 nitrogen and oxygen atoms in total. The SMILES string of the molecule is CC[C@H](C)[C@H](NC(=O)CNC(=O)[C@H](CC(N)=O)NC(=O)[C@@H](NC(=O)[C@@H](NC(=O)[C@H](CCCN=C(N)N)NC(=O)[C@@H](N)CC(C)C)C(C)C)C(C)C)C(=O)O. The number of guanidine groups is 1. The van der Waals surface area contributed by atoms with Gasteiger partial charge in [0.1, 0.15) is 30.2 Å². The molecule has 15 N–H and O–H groups in total. The van der Waals surface area contributed by atoms with E-state index in [-0.39, 0.29) is 24.8 Å². The zero-order valence-electron chi connectivity index (χ0n) is 32.7. The van der Waals surface area contributed by atoms with Crippen molar-refractivity contribution in [2.24, 2.45) is 51.6 Å². The average molecular weight is 770 g/mol. The topological polar surface area (TPSA) is 345 Å². The lowest BCUT2D eigenvalue weighted by molar-refractivity contribution is -0.143. The molecule has 0 saturated heterocycles. The van der Waals surface area contributed by atoms with Gasteiger partial charge in [-0.2, -0.15) is 0 Å². The van der Waals surface area contributed by atoms with Crippen LogP contribution >= 0.6 is 0 Å². The summed E-state index contributed by atoms with van der Waals surface area (Å²) in [6.07, 6.45) is 0.574. The number of nitrogens with two attached hydrogens (primary N) is 4. The van der Waals surface area contributed by atoms with E-state index in [9.17, 15) is 43.5 Å². The van der Waals surface area contributed by atoms with Crippen LogP contribution in [0.2, 0.25) is 0 Å². The van der Waals surface area contributed by atoms with Gasteiger partial charge in [-0.05, 0) is 42.9 Å². The number of aliphatic carboxylic acids is 1. The van der Waals surface area contributed by atoms with Crippen molar-refractivity contribution in [3.63, 3.8) is 0 Å². The number of aliphatic imine (C=N–C) groups is 1. The van der Waals surface area contributed by atoms with Gasteiger partial charge >= 0.3 is 5.97 Å². The summed E-state index contributed by atoms with van der Waals surface area (Å²) in [5.74, 6) is -8.37. The van der Waals surface area contributed by atoms with Crippen LogP contribution in [0.3, 0.4) is 0 Å². The van der Waals surface area contributed by atoms with E-state index in [0.717, 1.165) is 0 Å². The molecule has 0 radical (unpaired) electrons. The summed E-state index contributed by atoms with van der Waals surface area (Å²) < 4.78 is 0. The molecular formula is C34H63N11O9. The Morgan fingerprint density at radius 1 is 0.667 bits per heavy atom. The smallest absolute Gasteiger partial charge is 0.326 e. The highest BCUT2D eigenvalue weighted by atomic mass is 16.4. The Morgan fingerprint density at radius 2 is 1.19 bits per heavy atom. The van der Waals surface area contributed by atoms with Gasteiger partial charge in [0.2, 0.25) is 41.4 Å². The summed E-state index contributed by atoms with van der Waals surface area (Å²) in [7, 11) is 0. The fourth-order valence-corrected chi connectivity index (χ4v) is 5.10. The Labute approximate surface area is 316 Å². The van der Waals surface area contributed by atoms with Crippen LogP contribution in [-0.2, 0) is 38.4 Å². The van der Waals surface area contributed by atoms with E-state index < -0.39 is 114 Å². The van der Waals surface area contributed by atoms with E-state index in [2.05, 4.69) is 36.9 Å². The molecule has 0 unspecified atom stereocenters. The van der Waals surface area contributed by atoms with Gasteiger partial charge in [0.25, 0.3) is 0 Å². The van der Waals surface area contributed by atoms with E-state index >= 15 is 0 Å². The van der Waals surface area contributed by atoms with Crippen LogP contribution in [0.5, 0.6) is 0 Å². The van der Waals surface area contributed by atoms with E-state index in [1.165, 1.54) is 0 Å². The van der Waals surface area contributed by atoms with Gasteiger partial charge in [-0.3, -0.25) is 38.6 Å². The number of hydrogen-bond acceptors (Lipinski definition) is 10. The van der Waals surface area contributed by atoms with Crippen molar-refractivity contribution < 1.29 is 43.5 Å². The van der Waals surface area contributed by atoms with Crippen LogP contribution in [0.25, 0.3) is 0 Å². The number of carbonyl (C=O) groups is 8. The van der Waals surface area contributed by atoms with Gasteiger partial charge < -0.3 is 59.9 Å². The zero-order chi connectivity index (χ0) is 41.9. The first-order chi connectivity index (χ1) is 25.0. The summed E-state index contributed by atoms with van der Waals surface area (Å²) in [6.45, 7) is 13.2. The molecule has 20 heteroatoms. The molecule has 0 aliphatic heterocycles. The molecule has 0 fully saturated rings. The van der Waals surface area contributed by atoms with E-state index in [0.29, 0.717) is 19.3 Å². The van der Waals surface area contributed by atoms with Gasteiger partial charge in [0.15, 0.2) is 5.96 Å². The maximum Gasteiger partial charge on any atom is 0.326 e. The maximum atomic E-state index is 13.6. The second kappa shape index (κ2) is 24.3. The monoisotopic (exact) mass is 769 g/mol. The van der Waals surface area contributed by atoms with Crippen molar-refractivity contribution in [2.45, 2.75) is 124 Å². The van der Waals surface area contributed by atoms with Crippen molar-refractivity contribution in [1.29, 1.82) is 0 Å². The molecular weight excluding hydrogens is 706 g/mol. The molecule has 0 aromatic rings. The number of carboxylic acid groups (broad SMARTS) is 1. The summed E-state index contributed by atoms with van der Waals surface area (Å²) in [6, 6.07) is -7.23. The highest BCUT2D eigenvalue weighted by molar-refractivity contribution is 5.97. The Kier molecular flexibility index (Phi) is 22.1. The first kappa shape index (κ1) is 49.0. The predicted molar refractivity (Wildman–Crippen MR) is 201 cm³/mol. The normalized spacial score (nSPS) is 15.0. The molecule has 0 bridgehead atoms. The number of carboxylic acids is 1. The van der Waals surface area contributed by atoms with Crippen LogP contribution in [-0.4, -0.2) is 108 Å². The molecule has 0 aromatic heterocycles. The molecule has 54 heavy (non-hydrogen) atoms. The van der Waals surface area contributed by atoms with Crippen LogP contribution < -0.4 is 54.8 Å². The Morgan fingerprint density at radius 3 is 1.65 bits per heavy atom. The summed E-state index contributed by atoms with van der Waals surface area (Å²) >= 11 is 0. The highest BCUT2D eigenvalue weighted by Crippen LogP contribution is 2.11. The Bertz CT molecular complexity index is 1340. The van der Waals surface area contributed by atoms with E-state index in [1.807, 2.05) is 13.8 Å². The molecule has 0 aliphatic carbocycles. The fraction of sp³-hybridized carbons (Fsp3) is 0.735. The lowest BCUT2D eigenvalue weighted by Gasteiger charge is -2.29. The number of hydrogen-bond donors (Lipinski definition) is 11. The number of carbonyl (C=O) groups excluding carboxylic acids is 7. The van der Waals surface area contributed by atoms with Crippen LogP contribution in [0, 0.1) is 23.7 Å². The molecule has 0 rings (SSSR count). The molecule has 0 heterocycles. The summed E-state index contributed by atoms with van der Waals surface area (Å²) in [5.41, 5.74) is 22.1. The van der Waals surface area contributed by atoms with Gasteiger partial charge in [0, 0.05) is 6.54 Å². The largest absolute Gasteiger partial charge is 0.480 e. The van der Waals surface area contributed by atoms with Crippen molar-refractivity contribution in [3.05, 3.63) is 0 Å². The van der Waals surface area contributed by atoms with Crippen molar-refractivity contribution in [1.82, 2.24) is 31.9 Å². The third kappa shape index (κ3) is 18.7. The van der Waals surface area contributed by atoms with Gasteiger partial charge in [0.05, 0.1) is 19.0 Å². The van der Waals surface area contributed by atoms with Crippen molar-refractivity contribution in [3.8, 4) is 0 Å². The third-order valence-electron chi connectivity index (χ3n) is 8.39. The lowest BCUT2D eigenvalue weighted by atomic mass is 9.98. The van der Waals surface area contributed by atoms with Crippen LogP contribution in [0.4, 0.5) is 0 Å². The van der Waals surface area contributed by atoms with E-state index in [1.54, 1.807) is 41.5 Å². The number of rotatable bonds is 25. The third-order valence-corrected chi connectivity index (χ3v) is 8.39. The minimum absolute atomic E-state index is 0.106. The standard InChI is InChI=1S/C34H63N11O9/c1-9-19(8)27(33(53)54)43-24(47)15-40-29(49)22(14-23(36)46)42-31(51)25(17(4)5)45-32(52)26(18(6)7)44-30(50)21(11-10-12-39-34(37)38)41-28(48)20(35)13-16(2)3/h16-22,25-27H,9-15,35H2,1-8H3,(H2,36,46)(H,40,49)(H,41,48)(H,42,51)(H,43,47)(H,44,50)(H,45,52)(H,53,54)(H4,37,38,39)/t19-,20-,21-,22-,25-,26-,27-/m0/s1. The lowest BCUT2D eigenvalue weighted by Crippen LogP contribution is -2.61. The minimum atomic E-state index is -1.56. The van der Waals surface area contributed by atoms with E-state index in [4.69, 9.17) is 22.9 Å². The molecule has 0 saturated carbocycles. The number of amides is 7. The van der Waals surface area contributed by atoms with Crippen LogP contribution in [0.15, 0.2) is 4.99 Å². The first-order valence-corrected chi connectivity index (χ1v) is 18.1. The molecule has 0 aromatic carbocycles. The van der Waals surface area contributed by atoms with Crippen molar-refractivity contribution >= 4 is 53.3 Å². The second-order valence-corrected chi connectivity index (χ2v) is 14.4. The second-order valence-electron chi connectivity index (χ2n) is 14.4. The van der Waals surface area contributed by atoms with Gasteiger partial charge in [-0.25, -0.2) is 4.79 Å². The van der Waals surface area contributed by atoms with Crippen LogP contribution in [0.1, 0.15) is 87.5 Å². The molecule has 0 spiro atoms. The number of primary amides is 1. The first-order valence-electron chi connectivity index (χ1n) is 18.1. The zero-order valence-corrected chi connectivity index (χ0v) is 32.7. The van der Waals surface area contributed by atoms with Gasteiger partial charge in [-0.1, -0.05) is 61.8 Å². The predicted octanol–water partition coefficient (Wildman–Crippen LogP) is -2.73. The van der Waals surface area contributed by atoms with Crippen molar-refractivity contribution in [2.75, 3.05) is 13.1 Å².